The van der Waals surface area contributed by atoms with E-state index >= 15 is 0 Å². The zero-order valence-electron chi connectivity index (χ0n) is 5.87. The molecule has 0 saturated heterocycles. The molecule has 2 heteroatoms. The first-order chi connectivity index (χ1) is 4.93. The van der Waals surface area contributed by atoms with Crippen molar-refractivity contribution in [1.29, 1.82) is 0 Å². The standard InChI is InChI=1S/C7H6O.CH4O/c1-2-4-7-5-3-6-8-7;1-2/h3-6H,1H2;2H,1H3. The fourth-order valence-corrected chi connectivity index (χ4v) is 0.474. The number of furan rings is 1. The third-order valence-corrected chi connectivity index (χ3v) is 0.788. The van der Waals surface area contributed by atoms with Crippen LogP contribution in [-0.4, -0.2) is 12.2 Å². The molecule has 0 unspecified atom stereocenters. The zero-order chi connectivity index (χ0) is 7.82. The fraction of sp³-hybridized carbons (Fsp3) is 0.125. The van der Waals surface area contributed by atoms with Crippen molar-refractivity contribution in [3.63, 3.8) is 0 Å². The largest absolute Gasteiger partial charge is 0.464 e. The van der Waals surface area contributed by atoms with Gasteiger partial charge in [0.05, 0.1) is 6.26 Å². The van der Waals surface area contributed by atoms with Gasteiger partial charge in [0.15, 0.2) is 0 Å². The van der Waals surface area contributed by atoms with Gasteiger partial charge in [0.1, 0.15) is 5.76 Å². The lowest BCUT2D eigenvalue weighted by molar-refractivity contribution is 0.399. The van der Waals surface area contributed by atoms with Gasteiger partial charge in [0.2, 0.25) is 0 Å². The molecule has 1 aromatic heterocycles. The summed E-state index contributed by atoms with van der Waals surface area (Å²) in [6.45, 7) is 3.40. The number of rotatable bonds is 1. The lowest BCUT2D eigenvalue weighted by atomic mass is 10.4. The van der Waals surface area contributed by atoms with Crippen LogP contribution >= 0.6 is 0 Å². The molecule has 0 amide bonds. The molecular weight excluding hydrogens is 128 g/mol. The van der Waals surface area contributed by atoms with Crippen LogP contribution in [0.25, 0.3) is 6.08 Å². The molecular formula is C8H10O2. The summed E-state index contributed by atoms with van der Waals surface area (Å²) in [5.74, 6) is 0.792. The van der Waals surface area contributed by atoms with Crippen LogP contribution in [-0.2, 0) is 0 Å². The molecule has 0 spiro atoms. The van der Waals surface area contributed by atoms with Gasteiger partial charge in [-0.15, -0.1) is 5.73 Å². The van der Waals surface area contributed by atoms with Crippen LogP contribution in [0.3, 0.4) is 0 Å². The maximum atomic E-state index is 7.00. The summed E-state index contributed by atoms with van der Waals surface area (Å²) >= 11 is 0. The molecule has 1 rings (SSSR count). The van der Waals surface area contributed by atoms with Crippen LogP contribution in [0.5, 0.6) is 0 Å². The van der Waals surface area contributed by atoms with Crippen LogP contribution < -0.4 is 0 Å². The van der Waals surface area contributed by atoms with Gasteiger partial charge in [-0.25, -0.2) is 0 Å². The van der Waals surface area contributed by atoms with E-state index in [2.05, 4.69) is 12.3 Å². The second-order valence-electron chi connectivity index (χ2n) is 1.36. The Morgan fingerprint density at radius 2 is 2.40 bits per heavy atom. The highest BCUT2D eigenvalue weighted by Gasteiger charge is 1.81. The van der Waals surface area contributed by atoms with Crippen LogP contribution in [0, 0.1) is 0 Å². The smallest absolute Gasteiger partial charge is 0.134 e. The van der Waals surface area contributed by atoms with Crippen molar-refractivity contribution in [2.24, 2.45) is 0 Å². The van der Waals surface area contributed by atoms with Gasteiger partial charge in [0.25, 0.3) is 0 Å². The van der Waals surface area contributed by atoms with Crippen LogP contribution in [0.15, 0.2) is 35.1 Å². The second kappa shape index (κ2) is 5.89. The van der Waals surface area contributed by atoms with Gasteiger partial charge < -0.3 is 9.52 Å². The summed E-state index contributed by atoms with van der Waals surface area (Å²) in [4.78, 5) is 0. The van der Waals surface area contributed by atoms with E-state index in [9.17, 15) is 0 Å². The molecule has 2 nitrogen and oxygen atoms in total. The first kappa shape index (κ1) is 8.76. The Kier molecular flexibility index (Phi) is 5.16. The molecule has 0 fully saturated rings. The highest BCUT2D eigenvalue weighted by Crippen LogP contribution is 1.99. The van der Waals surface area contributed by atoms with Crippen molar-refractivity contribution >= 4 is 6.08 Å². The van der Waals surface area contributed by atoms with E-state index in [0.29, 0.717) is 0 Å². The van der Waals surface area contributed by atoms with Gasteiger partial charge >= 0.3 is 0 Å². The molecule has 10 heavy (non-hydrogen) atoms. The van der Waals surface area contributed by atoms with Gasteiger partial charge in [-0.1, -0.05) is 6.58 Å². The Morgan fingerprint density at radius 1 is 1.70 bits per heavy atom. The molecule has 54 valence electrons. The van der Waals surface area contributed by atoms with E-state index in [1.54, 1.807) is 12.3 Å². The van der Waals surface area contributed by atoms with Gasteiger partial charge in [-0.2, -0.15) is 0 Å². The Morgan fingerprint density at radius 3 is 2.80 bits per heavy atom. The Hall–Kier alpha value is -1.24. The predicted molar refractivity (Wildman–Crippen MR) is 40.5 cm³/mol. The van der Waals surface area contributed by atoms with E-state index in [0.717, 1.165) is 12.9 Å². The third-order valence-electron chi connectivity index (χ3n) is 0.788. The molecule has 0 aromatic carbocycles. The molecule has 1 heterocycles. The van der Waals surface area contributed by atoms with Gasteiger partial charge in [-0.05, 0) is 12.1 Å². The van der Waals surface area contributed by atoms with Crippen molar-refractivity contribution in [1.82, 2.24) is 0 Å². The molecule has 0 aliphatic heterocycles. The normalized spacial score (nSPS) is 7.00. The van der Waals surface area contributed by atoms with Crippen molar-refractivity contribution in [3.8, 4) is 0 Å². The van der Waals surface area contributed by atoms with Gasteiger partial charge in [0, 0.05) is 13.2 Å². The Bertz CT molecular complexity index is 193. The summed E-state index contributed by atoms with van der Waals surface area (Å²) in [6, 6.07) is 3.67. The lowest BCUT2D eigenvalue weighted by Gasteiger charge is -1.73. The topological polar surface area (TPSA) is 33.4 Å². The maximum Gasteiger partial charge on any atom is 0.134 e. The lowest BCUT2D eigenvalue weighted by Crippen LogP contribution is -1.52. The summed E-state index contributed by atoms with van der Waals surface area (Å²) in [5, 5.41) is 7.00. The predicted octanol–water partition coefficient (Wildman–Crippen LogP) is 1.69. The fourth-order valence-electron chi connectivity index (χ4n) is 0.474. The van der Waals surface area contributed by atoms with Crippen molar-refractivity contribution < 1.29 is 9.52 Å². The minimum Gasteiger partial charge on any atom is -0.464 e. The number of hydrogen-bond acceptors (Lipinski definition) is 2. The SMILES string of the molecule is C=C=Cc1ccco1.CO. The monoisotopic (exact) mass is 138 g/mol. The molecule has 0 aliphatic rings. The summed E-state index contributed by atoms with van der Waals surface area (Å²) in [6.07, 6.45) is 3.29. The molecule has 0 atom stereocenters. The van der Waals surface area contributed by atoms with E-state index in [1.165, 1.54) is 0 Å². The third kappa shape index (κ3) is 2.92. The average Bonchev–Trinajstić information content (AvgIpc) is 2.46. The van der Waals surface area contributed by atoms with Crippen molar-refractivity contribution in [3.05, 3.63) is 36.5 Å². The molecule has 0 radical (unpaired) electrons. The summed E-state index contributed by atoms with van der Waals surface area (Å²) in [7, 11) is 1.00. The molecule has 1 N–H and O–H groups in total. The minimum absolute atomic E-state index is 0.792. The summed E-state index contributed by atoms with van der Waals surface area (Å²) < 4.78 is 4.92. The first-order valence-corrected chi connectivity index (χ1v) is 2.77. The van der Waals surface area contributed by atoms with E-state index in [-0.39, 0.29) is 0 Å². The highest BCUT2D eigenvalue weighted by molar-refractivity contribution is 5.40. The highest BCUT2D eigenvalue weighted by atomic mass is 16.3. The average molecular weight is 138 g/mol. The van der Waals surface area contributed by atoms with E-state index in [1.807, 2.05) is 12.1 Å². The first-order valence-electron chi connectivity index (χ1n) is 2.77. The zero-order valence-corrected chi connectivity index (χ0v) is 5.87. The van der Waals surface area contributed by atoms with E-state index < -0.39 is 0 Å². The number of aliphatic hydroxyl groups is 1. The molecule has 1 aromatic rings. The van der Waals surface area contributed by atoms with Crippen LogP contribution in [0.2, 0.25) is 0 Å². The minimum atomic E-state index is 0.792. The van der Waals surface area contributed by atoms with E-state index in [4.69, 9.17) is 9.52 Å². The Balaban J connectivity index is 0.000000371. The van der Waals surface area contributed by atoms with Gasteiger partial charge in [-0.3, -0.25) is 0 Å². The molecule has 0 bridgehead atoms. The van der Waals surface area contributed by atoms with Crippen LogP contribution in [0.4, 0.5) is 0 Å². The van der Waals surface area contributed by atoms with Crippen molar-refractivity contribution in [2.45, 2.75) is 0 Å². The number of aliphatic hydroxyl groups excluding tert-OH is 1. The molecule has 0 aliphatic carbocycles. The number of hydrogen-bond donors (Lipinski definition) is 1. The quantitative estimate of drug-likeness (QED) is 0.599. The maximum absolute atomic E-state index is 7.00. The van der Waals surface area contributed by atoms with Crippen molar-refractivity contribution in [2.75, 3.05) is 7.11 Å². The summed E-state index contributed by atoms with van der Waals surface area (Å²) in [5.41, 5.74) is 2.60. The Labute approximate surface area is 60.1 Å². The second-order valence-corrected chi connectivity index (χ2v) is 1.36. The molecule has 0 saturated carbocycles. The van der Waals surface area contributed by atoms with Crippen LogP contribution in [0.1, 0.15) is 5.76 Å².